The highest BCUT2D eigenvalue weighted by molar-refractivity contribution is 7.14. The minimum absolute atomic E-state index is 0.202. The summed E-state index contributed by atoms with van der Waals surface area (Å²) in [5.41, 5.74) is 0.917. The maximum atomic E-state index is 12.8. The molecule has 0 aromatic carbocycles. The molecular formula is C20H21ClN6O4S. The van der Waals surface area contributed by atoms with Crippen molar-refractivity contribution in [3.8, 4) is 22.0 Å². The molecule has 0 aliphatic carbocycles. The average Bonchev–Trinajstić information content (AvgIpc) is 3.38. The van der Waals surface area contributed by atoms with Crippen molar-refractivity contribution in [1.82, 2.24) is 30.0 Å². The lowest BCUT2D eigenvalue weighted by Gasteiger charge is -2.20. The number of aromatic nitrogens is 5. The molecule has 0 unspecified atom stereocenters. The molecule has 4 aromatic heterocycles. The predicted octanol–water partition coefficient (Wildman–Crippen LogP) is 3.99. The number of hydrogen-bond donors (Lipinski definition) is 2. The quantitative estimate of drug-likeness (QED) is 0.445. The highest BCUT2D eigenvalue weighted by Gasteiger charge is 2.28. The summed E-state index contributed by atoms with van der Waals surface area (Å²) in [6.07, 6.45) is 0.773. The summed E-state index contributed by atoms with van der Waals surface area (Å²) < 4.78 is 12.2. The number of halogens is 1. The van der Waals surface area contributed by atoms with Crippen LogP contribution in [0.5, 0.6) is 0 Å². The van der Waals surface area contributed by atoms with Crippen LogP contribution in [-0.2, 0) is 11.3 Å². The Morgan fingerprint density at radius 1 is 1.41 bits per heavy atom. The van der Waals surface area contributed by atoms with Crippen LogP contribution in [0.4, 0.5) is 4.79 Å². The smallest absolute Gasteiger partial charge is 0.407 e. The van der Waals surface area contributed by atoms with Crippen LogP contribution in [0.2, 0.25) is 5.02 Å². The first-order chi connectivity index (χ1) is 15.2. The van der Waals surface area contributed by atoms with Crippen molar-refractivity contribution in [2.75, 3.05) is 6.54 Å². The molecule has 0 radical (unpaired) electrons. The first-order valence-corrected chi connectivity index (χ1v) is 11.0. The molecule has 0 aliphatic rings. The zero-order chi connectivity index (χ0) is 23.0. The van der Waals surface area contributed by atoms with Crippen LogP contribution in [0.1, 0.15) is 26.7 Å². The van der Waals surface area contributed by atoms with Crippen LogP contribution in [0.25, 0.3) is 33.0 Å². The van der Waals surface area contributed by atoms with Gasteiger partial charge in [0.05, 0.1) is 27.5 Å². The molecule has 0 fully saturated rings. The number of carbonyl (C=O) groups is 1. The Balaban J connectivity index is 1.85. The van der Waals surface area contributed by atoms with Crippen molar-refractivity contribution >= 4 is 40.1 Å². The van der Waals surface area contributed by atoms with E-state index in [0.717, 1.165) is 4.88 Å². The van der Waals surface area contributed by atoms with Crippen molar-refractivity contribution in [2.45, 2.75) is 39.8 Å². The standard InChI is InChI=1S/C20H21ClN6O4S/c1-10-25-17(26-31-10)12-13-15(18(28)24-9-23-13)27(14(12)16-11(21)5-8-32-16)7-6-22-19(29)30-20(2,3)4/h5,8-9H,6-7H2,1-4H3,(H,22,29)(H,23,24,28). The first-order valence-electron chi connectivity index (χ1n) is 9.76. The molecule has 0 saturated carbocycles. The third kappa shape index (κ3) is 4.26. The van der Waals surface area contributed by atoms with E-state index in [9.17, 15) is 9.59 Å². The van der Waals surface area contributed by atoms with Gasteiger partial charge in [-0.15, -0.1) is 11.3 Å². The molecule has 12 heteroatoms. The molecule has 2 N–H and O–H groups in total. The minimum atomic E-state index is -0.620. The van der Waals surface area contributed by atoms with Gasteiger partial charge < -0.3 is 24.1 Å². The molecule has 0 saturated heterocycles. The molecule has 168 valence electrons. The number of fused-ring (bicyclic) bond motifs is 1. The number of aryl methyl sites for hydroxylation is 1. The van der Waals surface area contributed by atoms with Crippen LogP contribution in [0.3, 0.4) is 0 Å². The number of carbonyl (C=O) groups excluding carboxylic acids is 1. The molecule has 4 heterocycles. The van der Waals surface area contributed by atoms with Crippen LogP contribution >= 0.6 is 22.9 Å². The molecule has 4 rings (SSSR count). The van der Waals surface area contributed by atoms with E-state index in [-0.39, 0.29) is 18.6 Å². The van der Waals surface area contributed by atoms with Gasteiger partial charge >= 0.3 is 6.09 Å². The molecule has 0 spiro atoms. The van der Waals surface area contributed by atoms with Gasteiger partial charge in [0.25, 0.3) is 5.56 Å². The summed E-state index contributed by atoms with van der Waals surface area (Å²) in [6.45, 7) is 7.49. The molecule has 32 heavy (non-hydrogen) atoms. The van der Waals surface area contributed by atoms with E-state index >= 15 is 0 Å². The molecule has 1 amide bonds. The van der Waals surface area contributed by atoms with Crippen molar-refractivity contribution in [2.24, 2.45) is 0 Å². The SMILES string of the molecule is Cc1nc(-c2c(-c3sccc3Cl)n(CCNC(=O)OC(C)(C)C)c3c(=O)[nH]cnc23)no1. The summed E-state index contributed by atoms with van der Waals surface area (Å²) in [5, 5.41) is 9.13. The third-order valence-electron chi connectivity index (χ3n) is 4.43. The first kappa shape index (κ1) is 22.0. The Kier molecular flexibility index (Phi) is 5.78. The fraction of sp³-hybridized carbons (Fsp3) is 0.350. The average molecular weight is 477 g/mol. The van der Waals surface area contributed by atoms with E-state index in [1.807, 2.05) is 5.38 Å². The number of alkyl carbamates (subject to hydrolysis) is 1. The Hall–Kier alpha value is -3.18. The number of H-pyrrole nitrogens is 1. The Labute approximate surface area is 191 Å². The van der Waals surface area contributed by atoms with Gasteiger partial charge in [0, 0.05) is 20.0 Å². The van der Waals surface area contributed by atoms with Crippen molar-refractivity contribution in [3.05, 3.63) is 39.0 Å². The van der Waals surface area contributed by atoms with Gasteiger partial charge in [-0.3, -0.25) is 4.79 Å². The largest absolute Gasteiger partial charge is 0.444 e. The van der Waals surface area contributed by atoms with Gasteiger partial charge in [-0.25, -0.2) is 9.78 Å². The molecule has 0 bridgehead atoms. The molecule has 0 atom stereocenters. The zero-order valence-corrected chi connectivity index (χ0v) is 19.4. The van der Waals surface area contributed by atoms with Gasteiger partial charge in [-0.2, -0.15) is 4.98 Å². The number of ether oxygens (including phenoxy) is 1. The van der Waals surface area contributed by atoms with Gasteiger partial charge in [0.15, 0.2) is 0 Å². The lowest BCUT2D eigenvalue weighted by Crippen LogP contribution is -2.34. The van der Waals surface area contributed by atoms with Crippen molar-refractivity contribution in [1.29, 1.82) is 0 Å². The highest BCUT2D eigenvalue weighted by Crippen LogP contribution is 2.43. The fourth-order valence-electron chi connectivity index (χ4n) is 3.30. The summed E-state index contributed by atoms with van der Waals surface area (Å²) in [7, 11) is 0. The summed E-state index contributed by atoms with van der Waals surface area (Å²) in [4.78, 5) is 37.0. The summed E-state index contributed by atoms with van der Waals surface area (Å²) in [6, 6.07) is 1.77. The fourth-order valence-corrected chi connectivity index (χ4v) is 4.51. The lowest BCUT2D eigenvalue weighted by atomic mass is 10.1. The maximum absolute atomic E-state index is 12.8. The maximum Gasteiger partial charge on any atom is 0.407 e. The van der Waals surface area contributed by atoms with Gasteiger partial charge in [-0.1, -0.05) is 16.8 Å². The number of amides is 1. The highest BCUT2D eigenvalue weighted by atomic mass is 35.5. The van der Waals surface area contributed by atoms with Crippen LogP contribution in [0.15, 0.2) is 27.1 Å². The number of rotatable bonds is 5. The van der Waals surface area contributed by atoms with E-state index in [4.69, 9.17) is 20.9 Å². The van der Waals surface area contributed by atoms with Crippen molar-refractivity contribution < 1.29 is 14.1 Å². The van der Waals surface area contributed by atoms with Crippen molar-refractivity contribution in [3.63, 3.8) is 0 Å². The second-order valence-corrected chi connectivity index (χ2v) is 9.29. The van der Waals surface area contributed by atoms with Crippen LogP contribution < -0.4 is 10.9 Å². The Morgan fingerprint density at radius 3 is 2.81 bits per heavy atom. The van der Waals surface area contributed by atoms with E-state index in [2.05, 4.69) is 25.4 Å². The van der Waals surface area contributed by atoms with E-state index in [1.165, 1.54) is 17.7 Å². The van der Waals surface area contributed by atoms with E-state index in [0.29, 0.717) is 39.0 Å². The Morgan fingerprint density at radius 2 is 2.19 bits per heavy atom. The molecule has 4 aromatic rings. The second kappa shape index (κ2) is 8.40. The number of aromatic amines is 1. The number of nitrogens with zero attached hydrogens (tertiary/aromatic N) is 4. The minimum Gasteiger partial charge on any atom is -0.444 e. The monoisotopic (exact) mass is 476 g/mol. The number of hydrogen-bond acceptors (Lipinski definition) is 8. The topological polar surface area (TPSA) is 128 Å². The normalized spacial score (nSPS) is 11.8. The van der Waals surface area contributed by atoms with Gasteiger partial charge in [0.1, 0.15) is 16.6 Å². The third-order valence-corrected chi connectivity index (χ3v) is 5.78. The Bertz CT molecular complexity index is 1350. The predicted molar refractivity (Wildman–Crippen MR) is 121 cm³/mol. The number of nitrogens with one attached hydrogen (secondary N) is 2. The van der Waals surface area contributed by atoms with Crippen LogP contribution in [-0.4, -0.2) is 42.9 Å². The molecular weight excluding hydrogens is 456 g/mol. The molecule has 10 nitrogen and oxygen atoms in total. The summed E-state index contributed by atoms with van der Waals surface area (Å²) in [5.74, 6) is 0.671. The zero-order valence-electron chi connectivity index (χ0n) is 17.9. The lowest BCUT2D eigenvalue weighted by molar-refractivity contribution is 0.0526. The van der Waals surface area contributed by atoms with E-state index in [1.54, 1.807) is 38.3 Å². The molecule has 0 aliphatic heterocycles. The van der Waals surface area contributed by atoms with Gasteiger partial charge in [0.2, 0.25) is 11.7 Å². The van der Waals surface area contributed by atoms with E-state index < -0.39 is 11.7 Å². The van der Waals surface area contributed by atoms with Gasteiger partial charge in [-0.05, 0) is 32.2 Å². The van der Waals surface area contributed by atoms with Crippen LogP contribution in [0, 0.1) is 6.92 Å². The second-order valence-electron chi connectivity index (χ2n) is 7.97. The summed E-state index contributed by atoms with van der Waals surface area (Å²) >= 11 is 7.88. The number of thiophene rings is 1.